The number of nitrogens with zero attached hydrogens (tertiary/aromatic N) is 2. The second-order valence-electron chi connectivity index (χ2n) is 2.31. The van der Waals surface area contributed by atoms with Gasteiger partial charge in [0.1, 0.15) is 5.69 Å². The first-order valence-electron chi connectivity index (χ1n) is 3.18. The summed E-state index contributed by atoms with van der Waals surface area (Å²) in [7, 11) is 3.49. The molecule has 0 saturated heterocycles. The zero-order valence-electron chi connectivity index (χ0n) is 6.46. The molecule has 0 aliphatic rings. The molecule has 0 fully saturated rings. The van der Waals surface area contributed by atoms with Crippen molar-refractivity contribution in [1.29, 1.82) is 0 Å². The number of H-pyrrole nitrogens is 1. The molecule has 0 aliphatic carbocycles. The van der Waals surface area contributed by atoms with E-state index in [0.717, 1.165) is 0 Å². The highest BCUT2D eigenvalue weighted by Crippen LogP contribution is 1.89. The van der Waals surface area contributed by atoms with Crippen molar-refractivity contribution in [3.8, 4) is 0 Å². The summed E-state index contributed by atoms with van der Waals surface area (Å²) in [6, 6.07) is 1.61. The molecule has 60 valence electrons. The summed E-state index contributed by atoms with van der Waals surface area (Å²) >= 11 is 0. The number of nitrogens with one attached hydrogen (secondary N) is 2. The predicted molar refractivity (Wildman–Crippen MR) is 39.7 cm³/mol. The van der Waals surface area contributed by atoms with Crippen molar-refractivity contribution in [2.24, 2.45) is 0 Å². The summed E-state index contributed by atoms with van der Waals surface area (Å²) in [5.41, 5.74) is 3.03. The van der Waals surface area contributed by atoms with Crippen molar-refractivity contribution in [2.45, 2.75) is 0 Å². The summed E-state index contributed by atoms with van der Waals surface area (Å²) in [4.78, 5) is 11.1. The quantitative estimate of drug-likeness (QED) is 0.570. The topological polar surface area (TPSA) is 61.0 Å². The minimum Gasteiger partial charge on any atom is -0.284 e. The number of rotatable bonds is 2. The third-order valence-corrected chi connectivity index (χ3v) is 1.07. The number of hydrogen-bond acceptors (Lipinski definition) is 3. The van der Waals surface area contributed by atoms with Gasteiger partial charge in [-0.05, 0) is 6.07 Å². The fourth-order valence-electron chi connectivity index (χ4n) is 0.646. The molecule has 1 rings (SSSR count). The van der Waals surface area contributed by atoms with E-state index in [-0.39, 0.29) is 5.91 Å². The Kier molecular flexibility index (Phi) is 2.22. The van der Waals surface area contributed by atoms with Gasteiger partial charge in [0.15, 0.2) is 0 Å². The molecule has 1 aromatic heterocycles. The minimum atomic E-state index is -0.187. The number of amides is 1. The van der Waals surface area contributed by atoms with E-state index in [9.17, 15) is 4.79 Å². The largest absolute Gasteiger partial charge is 0.284 e. The Morgan fingerprint density at radius 1 is 1.73 bits per heavy atom. The van der Waals surface area contributed by atoms with Crippen molar-refractivity contribution < 1.29 is 4.79 Å². The number of carbonyl (C=O) groups excluding carboxylic acids is 1. The fourth-order valence-corrected chi connectivity index (χ4v) is 0.646. The first-order valence-corrected chi connectivity index (χ1v) is 3.18. The monoisotopic (exact) mass is 154 g/mol. The van der Waals surface area contributed by atoms with Crippen molar-refractivity contribution in [3.63, 3.8) is 0 Å². The molecule has 0 atom stereocenters. The van der Waals surface area contributed by atoms with Crippen molar-refractivity contribution >= 4 is 5.91 Å². The van der Waals surface area contributed by atoms with E-state index in [0.29, 0.717) is 5.69 Å². The van der Waals surface area contributed by atoms with Crippen molar-refractivity contribution in [2.75, 3.05) is 14.1 Å². The Balaban J connectivity index is 2.57. The molecule has 5 heteroatoms. The lowest BCUT2D eigenvalue weighted by atomic mass is 10.4. The van der Waals surface area contributed by atoms with E-state index in [4.69, 9.17) is 0 Å². The average Bonchev–Trinajstić information content (AvgIpc) is 2.35. The van der Waals surface area contributed by atoms with Gasteiger partial charge in [0.25, 0.3) is 5.91 Å². The Labute approximate surface area is 64.4 Å². The van der Waals surface area contributed by atoms with Crippen LogP contribution in [0.3, 0.4) is 0 Å². The molecule has 0 bridgehead atoms. The molecule has 5 nitrogen and oxygen atoms in total. The van der Waals surface area contributed by atoms with Crippen LogP contribution >= 0.6 is 0 Å². The molecular weight excluding hydrogens is 144 g/mol. The standard InChI is InChI=1S/C6H10N4O/c1-10(2)9-6(11)5-3-4-7-8-5/h3-4H,1-2H3,(H,7,8)(H,9,11). The lowest BCUT2D eigenvalue weighted by molar-refractivity contribution is 0.0851. The molecular formula is C6H10N4O. The van der Waals surface area contributed by atoms with Gasteiger partial charge in [0.05, 0.1) is 0 Å². The van der Waals surface area contributed by atoms with E-state index in [2.05, 4.69) is 15.6 Å². The molecule has 11 heavy (non-hydrogen) atoms. The van der Waals surface area contributed by atoms with Gasteiger partial charge in [0, 0.05) is 20.3 Å². The maximum Gasteiger partial charge on any atom is 0.283 e. The highest BCUT2D eigenvalue weighted by molar-refractivity contribution is 5.91. The summed E-state index contributed by atoms with van der Waals surface area (Å²) < 4.78 is 0. The summed E-state index contributed by atoms with van der Waals surface area (Å²) in [6.45, 7) is 0. The SMILES string of the molecule is CN(C)NC(=O)c1ccn[nH]1. The van der Waals surface area contributed by atoms with Gasteiger partial charge >= 0.3 is 0 Å². The third-order valence-electron chi connectivity index (χ3n) is 1.07. The average molecular weight is 154 g/mol. The van der Waals surface area contributed by atoms with Gasteiger partial charge in [-0.3, -0.25) is 15.3 Å². The van der Waals surface area contributed by atoms with Crippen molar-refractivity contribution in [3.05, 3.63) is 18.0 Å². The van der Waals surface area contributed by atoms with Gasteiger partial charge in [0.2, 0.25) is 0 Å². The van der Waals surface area contributed by atoms with E-state index >= 15 is 0 Å². The van der Waals surface area contributed by atoms with Gasteiger partial charge in [-0.15, -0.1) is 0 Å². The smallest absolute Gasteiger partial charge is 0.283 e. The first-order chi connectivity index (χ1) is 5.20. The zero-order valence-corrected chi connectivity index (χ0v) is 6.46. The zero-order chi connectivity index (χ0) is 8.27. The number of aromatic nitrogens is 2. The molecule has 1 aromatic rings. The van der Waals surface area contributed by atoms with Crippen LogP contribution in [-0.4, -0.2) is 35.2 Å². The molecule has 2 N–H and O–H groups in total. The molecule has 0 aliphatic heterocycles. The molecule has 1 amide bonds. The predicted octanol–water partition coefficient (Wildman–Crippen LogP) is -0.384. The van der Waals surface area contributed by atoms with E-state index in [1.165, 1.54) is 6.20 Å². The second kappa shape index (κ2) is 3.16. The Bertz CT molecular complexity index is 229. The van der Waals surface area contributed by atoms with E-state index < -0.39 is 0 Å². The third kappa shape index (κ3) is 2.05. The summed E-state index contributed by atoms with van der Waals surface area (Å²) in [5, 5.41) is 7.77. The van der Waals surface area contributed by atoms with Gasteiger partial charge < -0.3 is 0 Å². The van der Waals surface area contributed by atoms with Gasteiger partial charge in [-0.2, -0.15) is 5.10 Å². The fraction of sp³-hybridized carbons (Fsp3) is 0.333. The molecule has 0 radical (unpaired) electrons. The van der Waals surface area contributed by atoms with Crippen LogP contribution in [0.2, 0.25) is 0 Å². The van der Waals surface area contributed by atoms with Crippen LogP contribution in [0, 0.1) is 0 Å². The van der Waals surface area contributed by atoms with Gasteiger partial charge in [-0.25, -0.2) is 5.01 Å². The van der Waals surface area contributed by atoms with Gasteiger partial charge in [-0.1, -0.05) is 0 Å². The number of carbonyl (C=O) groups is 1. The lowest BCUT2D eigenvalue weighted by Crippen LogP contribution is -2.36. The van der Waals surface area contributed by atoms with Crippen LogP contribution < -0.4 is 5.43 Å². The highest BCUT2D eigenvalue weighted by atomic mass is 16.2. The Morgan fingerprint density at radius 2 is 2.45 bits per heavy atom. The maximum absolute atomic E-state index is 11.1. The number of hydrazine groups is 1. The van der Waals surface area contributed by atoms with Crippen LogP contribution in [0.15, 0.2) is 12.3 Å². The molecule has 0 unspecified atom stereocenters. The lowest BCUT2D eigenvalue weighted by Gasteiger charge is -2.09. The Hall–Kier alpha value is -1.36. The second-order valence-corrected chi connectivity index (χ2v) is 2.31. The number of aromatic amines is 1. The first kappa shape index (κ1) is 7.74. The normalized spacial score (nSPS) is 10.1. The summed E-state index contributed by atoms with van der Waals surface area (Å²) in [5.74, 6) is -0.187. The highest BCUT2D eigenvalue weighted by Gasteiger charge is 2.05. The molecule has 0 aromatic carbocycles. The number of hydrogen-bond donors (Lipinski definition) is 2. The minimum absolute atomic E-state index is 0.187. The van der Waals surface area contributed by atoms with Crippen LogP contribution in [0.5, 0.6) is 0 Å². The molecule has 1 heterocycles. The van der Waals surface area contributed by atoms with E-state index in [1.807, 2.05) is 0 Å². The van der Waals surface area contributed by atoms with Crippen molar-refractivity contribution in [1.82, 2.24) is 20.6 Å². The van der Waals surface area contributed by atoms with Crippen LogP contribution in [0.4, 0.5) is 0 Å². The maximum atomic E-state index is 11.1. The molecule has 0 spiro atoms. The summed E-state index contributed by atoms with van der Waals surface area (Å²) in [6.07, 6.45) is 1.53. The Morgan fingerprint density at radius 3 is 2.91 bits per heavy atom. The van der Waals surface area contributed by atoms with Crippen LogP contribution in [-0.2, 0) is 0 Å². The van der Waals surface area contributed by atoms with Crippen LogP contribution in [0.1, 0.15) is 10.5 Å². The van der Waals surface area contributed by atoms with Crippen LogP contribution in [0.25, 0.3) is 0 Å². The van der Waals surface area contributed by atoms with E-state index in [1.54, 1.807) is 25.2 Å². The molecule has 0 saturated carbocycles.